The Kier molecular flexibility index (Phi) is 6.52. The van der Waals surface area contributed by atoms with Crippen molar-refractivity contribution >= 4 is 34.6 Å². The molecule has 2 aromatic carbocycles. The number of anilines is 4. The third kappa shape index (κ3) is 5.56. The lowest BCUT2D eigenvalue weighted by Gasteiger charge is -2.41. The number of nitrogens with two attached hydrogens (primary N) is 2. The van der Waals surface area contributed by atoms with Crippen LogP contribution in [0.1, 0.15) is 0 Å². The Morgan fingerprint density at radius 3 is 1.90 bits per heavy atom. The zero-order valence-corrected chi connectivity index (χ0v) is 17.5. The summed E-state index contributed by atoms with van der Waals surface area (Å²) in [5, 5.41) is 25.1. The van der Waals surface area contributed by atoms with Gasteiger partial charge in [0.15, 0.2) is 6.54 Å². The maximum absolute atomic E-state index is 12.5. The predicted octanol–water partition coefficient (Wildman–Crippen LogP) is 0.602. The van der Waals surface area contributed by atoms with Crippen LogP contribution >= 0.6 is 0 Å². The van der Waals surface area contributed by atoms with Crippen molar-refractivity contribution in [3.63, 3.8) is 0 Å². The van der Waals surface area contributed by atoms with Crippen molar-refractivity contribution in [3.05, 3.63) is 36.4 Å². The average molecular weight is 430 g/mol. The van der Waals surface area contributed by atoms with Gasteiger partial charge < -0.3 is 36.8 Å². The second kappa shape index (κ2) is 9.11. The second-order valence-electron chi connectivity index (χ2n) is 8.08. The van der Waals surface area contributed by atoms with Crippen LogP contribution in [0.5, 0.6) is 11.5 Å². The van der Waals surface area contributed by atoms with E-state index in [4.69, 9.17) is 11.5 Å². The van der Waals surface area contributed by atoms with Crippen molar-refractivity contribution < 1.29 is 24.3 Å². The smallest absolute Gasteiger partial charge is 0.279 e. The Morgan fingerprint density at radius 2 is 1.42 bits per heavy atom. The van der Waals surface area contributed by atoms with E-state index in [1.54, 1.807) is 24.3 Å². The van der Waals surface area contributed by atoms with Gasteiger partial charge in [-0.25, -0.2) is 0 Å². The number of nitrogen functional groups attached to an aromatic ring is 2. The number of carbonyl (C=O) groups excluding carboxylic acids is 2. The van der Waals surface area contributed by atoms with Crippen molar-refractivity contribution in [1.82, 2.24) is 4.90 Å². The van der Waals surface area contributed by atoms with Gasteiger partial charge in [-0.3, -0.25) is 14.5 Å². The fourth-order valence-corrected chi connectivity index (χ4v) is 3.60. The summed E-state index contributed by atoms with van der Waals surface area (Å²) in [6.45, 7) is 3.00. The van der Waals surface area contributed by atoms with Crippen molar-refractivity contribution in [2.45, 2.75) is 0 Å². The number of phenolic OH excluding ortho intramolecular Hbond substituents is 2. The van der Waals surface area contributed by atoms with Crippen LogP contribution in [0, 0.1) is 0 Å². The summed E-state index contributed by atoms with van der Waals surface area (Å²) < 4.78 is 0.504. The molecule has 1 heterocycles. The number of quaternary nitrogens is 1. The highest BCUT2D eigenvalue weighted by Crippen LogP contribution is 2.30. The number of benzene rings is 2. The minimum Gasteiger partial charge on any atom is -0.506 e. The van der Waals surface area contributed by atoms with Gasteiger partial charge in [-0.1, -0.05) is 12.1 Å². The monoisotopic (exact) mass is 429 g/mol. The molecule has 0 aliphatic carbocycles. The number of hydrogen-bond acceptors (Lipinski definition) is 7. The maximum atomic E-state index is 12.5. The number of para-hydroxylation sites is 2. The predicted molar refractivity (Wildman–Crippen MR) is 120 cm³/mol. The Balaban J connectivity index is 1.50. The van der Waals surface area contributed by atoms with Gasteiger partial charge >= 0.3 is 0 Å². The van der Waals surface area contributed by atoms with E-state index in [0.29, 0.717) is 42.0 Å². The fraction of sp³-hybridized carbons (Fsp3) is 0.333. The first kappa shape index (κ1) is 22.2. The molecule has 166 valence electrons. The highest BCUT2D eigenvalue weighted by molar-refractivity contribution is 5.97. The first-order valence-electron chi connectivity index (χ1n) is 9.97. The van der Waals surface area contributed by atoms with Crippen molar-refractivity contribution in [2.24, 2.45) is 0 Å². The van der Waals surface area contributed by atoms with Crippen LogP contribution < -0.4 is 22.1 Å². The molecule has 1 fully saturated rings. The summed E-state index contributed by atoms with van der Waals surface area (Å²) in [7, 11) is 1.98. The Bertz CT molecular complexity index is 932. The summed E-state index contributed by atoms with van der Waals surface area (Å²) in [6.07, 6.45) is 0. The van der Waals surface area contributed by atoms with Crippen LogP contribution in [-0.4, -0.2) is 77.7 Å². The molecule has 0 aromatic heterocycles. The Hall–Kier alpha value is -3.50. The van der Waals surface area contributed by atoms with Crippen molar-refractivity contribution in [1.29, 1.82) is 0 Å². The van der Waals surface area contributed by atoms with Gasteiger partial charge in [-0.05, 0) is 24.3 Å². The van der Waals surface area contributed by atoms with Crippen molar-refractivity contribution in [2.75, 3.05) is 68.4 Å². The van der Waals surface area contributed by atoms with Crippen LogP contribution in [0.4, 0.5) is 22.7 Å². The number of hydrogen-bond donors (Lipinski definition) is 6. The molecular weight excluding hydrogens is 400 g/mol. The molecule has 10 heteroatoms. The average Bonchev–Trinajstić information content (AvgIpc) is 2.70. The maximum Gasteiger partial charge on any atom is 0.279 e. The molecular formula is C21H29N6O4+. The Labute approximate surface area is 180 Å². The zero-order valence-electron chi connectivity index (χ0n) is 17.5. The molecule has 2 aromatic rings. The lowest BCUT2D eigenvalue weighted by atomic mass is 10.2. The lowest BCUT2D eigenvalue weighted by Crippen LogP contribution is -2.60. The first-order valence-corrected chi connectivity index (χ1v) is 9.97. The van der Waals surface area contributed by atoms with Gasteiger partial charge in [0.05, 0.1) is 38.1 Å². The quantitative estimate of drug-likeness (QED) is 0.223. The molecule has 0 spiro atoms. The highest BCUT2D eigenvalue weighted by Gasteiger charge is 2.32. The first-order chi connectivity index (χ1) is 14.7. The number of amides is 2. The van der Waals surface area contributed by atoms with E-state index in [2.05, 4.69) is 10.6 Å². The fourth-order valence-electron chi connectivity index (χ4n) is 3.60. The number of phenols is 2. The van der Waals surface area contributed by atoms with E-state index < -0.39 is 0 Å². The number of rotatable bonds is 6. The number of piperazine rings is 1. The van der Waals surface area contributed by atoms with E-state index in [1.807, 2.05) is 11.9 Å². The van der Waals surface area contributed by atoms with E-state index in [0.717, 1.165) is 0 Å². The van der Waals surface area contributed by atoms with Crippen LogP contribution in [0.2, 0.25) is 0 Å². The van der Waals surface area contributed by atoms with E-state index in [-0.39, 0.29) is 47.8 Å². The molecule has 31 heavy (non-hydrogen) atoms. The molecule has 1 aliphatic heterocycles. The number of likely N-dealkylation sites (N-methyl/N-ethyl adjacent to an activating group) is 1. The van der Waals surface area contributed by atoms with Gasteiger partial charge in [0.25, 0.3) is 5.91 Å². The van der Waals surface area contributed by atoms with Crippen LogP contribution in [0.25, 0.3) is 0 Å². The topological polar surface area (TPSA) is 154 Å². The van der Waals surface area contributed by atoms with Gasteiger partial charge in [-0.15, -0.1) is 0 Å². The highest BCUT2D eigenvalue weighted by atomic mass is 16.3. The SMILES string of the molecule is C[N+]1(CC(=O)Nc2c(N)cccc2O)CCN(CC(=O)Nc2c(N)cccc2O)CC1. The third-order valence-electron chi connectivity index (χ3n) is 5.48. The van der Waals surface area contributed by atoms with Gasteiger partial charge in [-0.2, -0.15) is 0 Å². The summed E-state index contributed by atoms with van der Waals surface area (Å²) in [4.78, 5) is 26.9. The molecule has 3 rings (SSSR count). The van der Waals surface area contributed by atoms with Crippen molar-refractivity contribution in [3.8, 4) is 11.5 Å². The second-order valence-corrected chi connectivity index (χ2v) is 8.08. The van der Waals surface area contributed by atoms with E-state index >= 15 is 0 Å². The molecule has 0 unspecified atom stereocenters. The van der Waals surface area contributed by atoms with Gasteiger partial charge in [0.2, 0.25) is 5.91 Å². The molecule has 8 N–H and O–H groups in total. The van der Waals surface area contributed by atoms with Gasteiger partial charge in [0.1, 0.15) is 22.9 Å². The minimum absolute atomic E-state index is 0.0723. The summed E-state index contributed by atoms with van der Waals surface area (Å²) >= 11 is 0. The number of nitrogens with zero attached hydrogens (tertiary/aromatic N) is 2. The molecule has 0 atom stereocenters. The summed E-state index contributed by atoms with van der Waals surface area (Å²) in [6, 6.07) is 9.36. The summed E-state index contributed by atoms with van der Waals surface area (Å²) in [5.74, 6) is -0.654. The summed E-state index contributed by atoms with van der Waals surface area (Å²) in [5.41, 5.74) is 12.7. The molecule has 1 aliphatic rings. The Morgan fingerprint density at radius 1 is 0.935 bits per heavy atom. The zero-order chi connectivity index (χ0) is 22.6. The molecule has 0 saturated carbocycles. The van der Waals surface area contributed by atoms with E-state index in [9.17, 15) is 19.8 Å². The molecule has 2 amide bonds. The molecule has 1 saturated heterocycles. The van der Waals surface area contributed by atoms with Gasteiger partial charge in [0, 0.05) is 13.1 Å². The van der Waals surface area contributed by atoms with Crippen LogP contribution in [0.15, 0.2) is 36.4 Å². The number of nitrogens with one attached hydrogen (secondary N) is 2. The van der Waals surface area contributed by atoms with E-state index in [1.165, 1.54) is 12.1 Å². The normalized spacial score (nSPS) is 15.9. The number of carbonyl (C=O) groups is 2. The molecule has 0 radical (unpaired) electrons. The van der Waals surface area contributed by atoms with Crippen LogP contribution in [-0.2, 0) is 9.59 Å². The largest absolute Gasteiger partial charge is 0.506 e. The molecule has 0 bridgehead atoms. The third-order valence-corrected chi connectivity index (χ3v) is 5.48. The number of aromatic hydroxyl groups is 2. The molecule has 10 nitrogen and oxygen atoms in total. The standard InChI is InChI=1S/C21H28N6O4/c1-27(13-19(31)25-21-15(23)5-3-7-17(21)29)10-8-26(9-11-27)12-18(30)24-20-14(22)4-2-6-16(20)28/h2-7H,8-13,22-23H2,1H3,(H3-,24,25,28,29,30,31)/p+1. The lowest BCUT2D eigenvalue weighted by molar-refractivity contribution is -0.905. The minimum atomic E-state index is -0.267. The van der Waals surface area contributed by atoms with Crippen LogP contribution in [0.3, 0.4) is 0 Å².